The number of aliphatic hydroxyl groups is 1. The van der Waals surface area contributed by atoms with E-state index in [4.69, 9.17) is 0 Å². The zero-order chi connectivity index (χ0) is 12.5. The molecule has 0 aromatic heterocycles. The van der Waals surface area contributed by atoms with Crippen LogP contribution in [-0.2, 0) is 0 Å². The quantitative estimate of drug-likeness (QED) is 0.784. The van der Waals surface area contributed by atoms with Crippen molar-refractivity contribution >= 4 is 0 Å². The molecule has 1 saturated heterocycles. The van der Waals surface area contributed by atoms with Crippen LogP contribution < -0.4 is 5.32 Å². The van der Waals surface area contributed by atoms with Crippen LogP contribution in [0.15, 0.2) is 0 Å². The van der Waals surface area contributed by atoms with Gasteiger partial charge in [-0.05, 0) is 51.1 Å². The molecule has 0 bridgehead atoms. The van der Waals surface area contributed by atoms with Crippen molar-refractivity contribution in [1.29, 1.82) is 0 Å². The van der Waals surface area contributed by atoms with Crippen LogP contribution in [0.1, 0.15) is 39.5 Å². The molecule has 0 radical (unpaired) electrons. The van der Waals surface area contributed by atoms with Gasteiger partial charge in [-0.3, -0.25) is 0 Å². The zero-order valence-electron chi connectivity index (χ0n) is 11.6. The van der Waals surface area contributed by atoms with Crippen molar-refractivity contribution in [3.8, 4) is 0 Å². The second kappa shape index (κ2) is 5.25. The molecule has 17 heavy (non-hydrogen) atoms. The van der Waals surface area contributed by atoms with E-state index in [2.05, 4.69) is 31.1 Å². The topological polar surface area (TPSA) is 35.5 Å². The second-order valence-electron chi connectivity index (χ2n) is 6.49. The molecule has 1 heterocycles. The number of rotatable bonds is 3. The summed E-state index contributed by atoms with van der Waals surface area (Å²) in [5, 5.41) is 13.7. The fraction of sp³-hybridized carbons (Fsp3) is 1.00. The molecule has 2 fully saturated rings. The van der Waals surface area contributed by atoms with Gasteiger partial charge in [0.05, 0.1) is 5.60 Å². The van der Waals surface area contributed by atoms with Gasteiger partial charge in [0.1, 0.15) is 0 Å². The molecule has 2 rings (SSSR count). The van der Waals surface area contributed by atoms with E-state index in [-0.39, 0.29) is 0 Å². The van der Waals surface area contributed by atoms with E-state index >= 15 is 0 Å². The Morgan fingerprint density at radius 1 is 1.29 bits per heavy atom. The molecule has 0 aromatic carbocycles. The Morgan fingerprint density at radius 3 is 2.65 bits per heavy atom. The van der Waals surface area contributed by atoms with Crippen LogP contribution in [0, 0.1) is 11.8 Å². The molecule has 0 aromatic rings. The van der Waals surface area contributed by atoms with Crippen LogP contribution in [0.25, 0.3) is 0 Å². The third-order valence-corrected chi connectivity index (χ3v) is 4.96. The average Bonchev–Trinajstić information content (AvgIpc) is 2.69. The summed E-state index contributed by atoms with van der Waals surface area (Å²) in [6.07, 6.45) is 4.83. The van der Waals surface area contributed by atoms with Gasteiger partial charge in [0.2, 0.25) is 0 Å². The summed E-state index contributed by atoms with van der Waals surface area (Å²) in [5.41, 5.74) is -0.485. The molecule has 3 nitrogen and oxygen atoms in total. The molecule has 0 amide bonds. The zero-order valence-corrected chi connectivity index (χ0v) is 11.6. The van der Waals surface area contributed by atoms with Gasteiger partial charge in [-0.25, -0.2) is 0 Å². The van der Waals surface area contributed by atoms with Gasteiger partial charge in [-0.1, -0.05) is 13.8 Å². The number of hydrogen-bond acceptors (Lipinski definition) is 3. The van der Waals surface area contributed by atoms with Gasteiger partial charge in [0, 0.05) is 19.1 Å². The predicted octanol–water partition coefficient (Wildman–Crippen LogP) is 1.47. The van der Waals surface area contributed by atoms with Gasteiger partial charge in [0.25, 0.3) is 0 Å². The Morgan fingerprint density at radius 2 is 2.06 bits per heavy atom. The van der Waals surface area contributed by atoms with Gasteiger partial charge in [-0.15, -0.1) is 0 Å². The summed E-state index contributed by atoms with van der Waals surface area (Å²) < 4.78 is 0. The number of hydrogen-bond donors (Lipinski definition) is 2. The first-order valence-corrected chi connectivity index (χ1v) is 7.13. The van der Waals surface area contributed by atoms with E-state index in [9.17, 15) is 5.11 Å². The first-order chi connectivity index (χ1) is 8.00. The average molecular weight is 240 g/mol. The van der Waals surface area contributed by atoms with Gasteiger partial charge in [0.15, 0.2) is 0 Å². The number of likely N-dealkylation sites (N-methyl/N-ethyl adjacent to an activating group) is 1. The minimum atomic E-state index is -0.485. The van der Waals surface area contributed by atoms with E-state index in [1.54, 1.807) is 0 Å². The molecule has 2 N–H and O–H groups in total. The summed E-state index contributed by atoms with van der Waals surface area (Å²) in [5.74, 6) is 1.70. The summed E-state index contributed by atoms with van der Waals surface area (Å²) >= 11 is 0. The highest BCUT2D eigenvalue weighted by Gasteiger charge is 2.35. The highest BCUT2D eigenvalue weighted by molar-refractivity contribution is 4.92. The van der Waals surface area contributed by atoms with Crippen LogP contribution >= 0.6 is 0 Å². The molecule has 1 aliphatic carbocycles. The summed E-state index contributed by atoms with van der Waals surface area (Å²) in [6, 6.07) is 0.672. The lowest BCUT2D eigenvalue weighted by atomic mass is 9.78. The molecule has 1 aliphatic heterocycles. The molecular weight excluding hydrogens is 212 g/mol. The van der Waals surface area contributed by atoms with Crippen molar-refractivity contribution in [2.24, 2.45) is 11.8 Å². The Labute approximate surface area is 106 Å². The van der Waals surface area contributed by atoms with E-state index in [0.717, 1.165) is 37.9 Å². The normalized spacial score (nSPS) is 43.2. The summed E-state index contributed by atoms with van der Waals surface area (Å²) in [7, 11) is 2.18. The van der Waals surface area contributed by atoms with E-state index in [0.29, 0.717) is 6.04 Å². The molecule has 3 heteroatoms. The van der Waals surface area contributed by atoms with E-state index < -0.39 is 5.60 Å². The van der Waals surface area contributed by atoms with Crippen molar-refractivity contribution in [3.05, 3.63) is 0 Å². The number of nitrogens with one attached hydrogen (secondary N) is 1. The Kier molecular flexibility index (Phi) is 4.11. The SMILES string of the molecule is CC1CCC(N(C)CC2(O)CCNC2)CC1C. The Bertz CT molecular complexity index is 251. The maximum atomic E-state index is 10.4. The minimum absolute atomic E-state index is 0.485. The third-order valence-electron chi connectivity index (χ3n) is 4.96. The lowest BCUT2D eigenvalue weighted by molar-refractivity contribution is 0.00475. The van der Waals surface area contributed by atoms with Crippen molar-refractivity contribution in [3.63, 3.8) is 0 Å². The van der Waals surface area contributed by atoms with Crippen LogP contribution in [0.4, 0.5) is 0 Å². The summed E-state index contributed by atoms with van der Waals surface area (Å²) in [4.78, 5) is 2.40. The van der Waals surface area contributed by atoms with E-state index in [1.807, 2.05) is 0 Å². The van der Waals surface area contributed by atoms with Crippen LogP contribution in [0.3, 0.4) is 0 Å². The predicted molar refractivity (Wildman–Crippen MR) is 71.0 cm³/mol. The maximum Gasteiger partial charge on any atom is 0.0909 e. The van der Waals surface area contributed by atoms with Crippen molar-refractivity contribution in [2.75, 3.05) is 26.7 Å². The molecule has 2 aliphatic rings. The molecule has 100 valence electrons. The maximum absolute atomic E-state index is 10.4. The lowest BCUT2D eigenvalue weighted by Gasteiger charge is -2.40. The number of β-amino-alcohol motifs (C(OH)–C–C–N with tert-alkyl or cyclic N) is 1. The highest BCUT2D eigenvalue weighted by atomic mass is 16.3. The summed E-state index contributed by atoms with van der Waals surface area (Å²) in [6.45, 7) is 7.29. The molecule has 4 atom stereocenters. The van der Waals surface area contributed by atoms with Gasteiger partial charge < -0.3 is 15.3 Å². The van der Waals surface area contributed by atoms with Crippen LogP contribution in [0.2, 0.25) is 0 Å². The highest BCUT2D eigenvalue weighted by Crippen LogP contribution is 2.32. The van der Waals surface area contributed by atoms with Gasteiger partial charge >= 0.3 is 0 Å². The van der Waals surface area contributed by atoms with Crippen molar-refractivity contribution < 1.29 is 5.11 Å². The monoisotopic (exact) mass is 240 g/mol. The Balaban J connectivity index is 1.85. The van der Waals surface area contributed by atoms with E-state index in [1.165, 1.54) is 19.3 Å². The van der Waals surface area contributed by atoms with Gasteiger partial charge in [-0.2, -0.15) is 0 Å². The molecule has 1 saturated carbocycles. The fourth-order valence-electron chi connectivity index (χ4n) is 3.38. The fourth-order valence-corrected chi connectivity index (χ4v) is 3.38. The van der Waals surface area contributed by atoms with Crippen LogP contribution in [0.5, 0.6) is 0 Å². The second-order valence-corrected chi connectivity index (χ2v) is 6.49. The molecule has 4 unspecified atom stereocenters. The van der Waals surface area contributed by atoms with Crippen molar-refractivity contribution in [2.45, 2.75) is 51.2 Å². The Hall–Kier alpha value is -0.120. The minimum Gasteiger partial charge on any atom is -0.387 e. The lowest BCUT2D eigenvalue weighted by Crippen LogP contribution is -2.48. The standard InChI is InChI=1S/C14H28N2O/c1-11-4-5-13(8-12(11)2)16(3)10-14(17)6-7-15-9-14/h11-13,15,17H,4-10H2,1-3H3. The van der Waals surface area contributed by atoms with Crippen LogP contribution in [-0.4, -0.2) is 48.3 Å². The first kappa shape index (κ1) is 13.3. The first-order valence-electron chi connectivity index (χ1n) is 7.13. The number of nitrogens with zero attached hydrogens (tertiary/aromatic N) is 1. The molecular formula is C14H28N2O. The smallest absolute Gasteiger partial charge is 0.0909 e. The third kappa shape index (κ3) is 3.21. The molecule has 0 spiro atoms. The largest absolute Gasteiger partial charge is 0.387 e. The van der Waals surface area contributed by atoms with Crippen molar-refractivity contribution in [1.82, 2.24) is 10.2 Å².